The molecule has 0 saturated carbocycles. The van der Waals surface area contributed by atoms with Crippen LogP contribution in [-0.4, -0.2) is 61.8 Å². The largest absolute Gasteiger partial charge is 0.507 e. The van der Waals surface area contributed by atoms with Gasteiger partial charge < -0.3 is 29.0 Å². The van der Waals surface area contributed by atoms with Gasteiger partial charge >= 0.3 is 0 Å². The van der Waals surface area contributed by atoms with Gasteiger partial charge in [-0.05, 0) is 60.7 Å². The number of fused-ring (bicyclic) bond motifs is 1. The second-order valence-electron chi connectivity index (χ2n) is 9.88. The predicted molar refractivity (Wildman–Crippen MR) is 139 cm³/mol. The number of Topliss-reactive ketones (excluding diaryl/α,β-unsaturated/α-hetero) is 1. The Kier molecular flexibility index (Phi) is 8.07. The molecule has 1 fully saturated rings. The molecule has 2 aliphatic heterocycles. The molecule has 0 bridgehead atoms. The molecule has 0 spiro atoms. The van der Waals surface area contributed by atoms with E-state index in [4.69, 9.17) is 18.9 Å². The van der Waals surface area contributed by atoms with E-state index in [0.717, 1.165) is 17.7 Å². The van der Waals surface area contributed by atoms with Crippen molar-refractivity contribution in [2.45, 2.75) is 45.8 Å². The highest BCUT2D eigenvalue weighted by atomic mass is 16.5. The van der Waals surface area contributed by atoms with Crippen molar-refractivity contribution in [3.05, 3.63) is 58.7 Å². The average Bonchev–Trinajstić information content (AvgIpc) is 3.37. The number of hydrogen-bond acceptors (Lipinski definition) is 7. The first-order valence-electron chi connectivity index (χ1n) is 12.6. The second kappa shape index (κ2) is 11.3. The van der Waals surface area contributed by atoms with E-state index in [2.05, 4.69) is 13.8 Å². The summed E-state index contributed by atoms with van der Waals surface area (Å²) < 4.78 is 22.5. The Bertz CT molecular complexity index is 1200. The Balaban J connectivity index is 1.76. The Morgan fingerprint density at radius 3 is 2.59 bits per heavy atom. The van der Waals surface area contributed by atoms with E-state index in [1.54, 1.807) is 37.4 Å². The summed E-state index contributed by atoms with van der Waals surface area (Å²) in [5.74, 6) is 0.689. The van der Waals surface area contributed by atoms with E-state index in [1.807, 2.05) is 13.0 Å². The molecule has 0 radical (unpaired) electrons. The minimum Gasteiger partial charge on any atom is -0.507 e. The van der Waals surface area contributed by atoms with Crippen LogP contribution >= 0.6 is 0 Å². The summed E-state index contributed by atoms with van der Waals surface area (Å²) in [5.41, 5.74) is 2.07. The van der Waals surface area contributed by atoms with Gasteiger partial charge in [0.1, 0.15) is 17.6 Å². The van der Waals surface area contributed by atoms with Crippen molar-refractivity contribution in [1.29, 1.82) is 0 Å². The summed E-state index contributed by atoms with van der Waals surface area (Å²) >= 11 is 0. The van der Waals surface area contributed by atoms with Crippen LogP contribution in [0.25, 0.3) is 5.76 Å². The molecule has 2 aromatic carbocycles. The van der Waals surface area contributed by atoms with Crippen molar-refractivity contribution in [1.82, 2.24) is 4.90 Å². The van der Waals surface area contributed by atoms with E-state index >= 15 is 0 Å². The Labute approximate surface area is 217 Å². The fraction of sp³-hybridized carbons (Fsp3) is 0.448. The molecule has 1 saturated heterocycles. The van der Waals surface area contributed by atoms with Gasteiger partial charge in [0, 0.05) is 25.6 Å². The fourth-order valence-electron chi connectivity index (χ4n) is 4.75. The number of hydrogen-bond donors (Lipinski definition) is 1. The van der Waals surface area contributed by atoms with Gasteiger partial charge in [0.2, 0.25) is 0 Å². The van der Waals surface area contributed by atoms with E-state index in [1.165, 1.54) is 12.0 Å². The van der Waals surface area contributed by atoms with Crippen molar-refractivity contribution in [3.63, 3.8) is 0 Å². The first kappa shape index (κ1) is 26.5. The van der Waals surface area contributed by atoms with E-state index in [0.29, 0.717) is 41.6 Å². The zero-order valence-corrected chi connectivity index (χ0v) is 22.1. The topological polar surface area (TPSA) is 94.5 Å². The van der Waals surface area contributed by atoms with Crippen molar-refractivity contribution in [3.8, 4) is 17.2 Å². The van der Waals surface area contributed by atoms with Crippen LogP contribution in [0.1, 0.15) is 49.9 Å². The van der Waals surface area contributed by atoms with E-state index in [-0.39, 0.29) is 30.6 Å². The van der Waals surface area contributed by atoms with Crippen LogP contribution in [-0.2, 0) is 20.7 Å². The number of carbonyl (C=O) groups excluding carboxylic acids is 2. The molecule has 1 N–H and O–H groups in total. The Hall–Kier alpha value is -3.52. The third-order valence-corrected chi connectivity index (χ3v) is 6.70. The maximum atomic E-state index is 13.3. The fourth-order valence-corrected chi connectivity index (χ4v) is 4.75. The number of ether oxygens (including phenoxy) is 4. The number of nitrogens with zero attached hydrogens (tertiary/aromatic N) is 1. The number of aliphatic hydroxyl groups is 1. The summed E-state index contributed by atoms with van der Waals surface area (Å²) in [4.78, 5) is 27.8. The van der Waals surface area contributed by atoms with Gasteiger partial charge in [0.25, 0.3) is 11.7 Å². The minimum atomic E-state index is -0.808. The molecule has 2 aromatic rings. The normalized spacial score (nSPS) is 20.3. The molecule has 4 rings (SSSR count). The third kappa shape index (κ3) is 5.44. The Morgan fingerprint density at radius 2 is 1.89 bits per heavy atom. The van der Waals surface area contributed by atoms with Crippen LogP contribution in [0.2, 0.25) is 0 Å². The summed E-state index contributed by atoms with van der Waals surface area (Å²) in [7, 11) is 3.08. The van der Waals surface area contributed by atoms with Crippen molar-refractivity contribution < 1.29 is 33.6 Å². The van der Waals surface area contributed by atoms with Crippen LogP contribution in [0, 0.1) is 5.92 Å². The molecular formula is C29H35NO7. The van der Waals surface area contributed by atoms with Crippen molar-refractivity contribution in [2.75, 3.05) is 34.0 Å². The monoisotopic (exact) mass is 509 g/mol. The number of amides is 1. The molecule has 0 aliphatic carbocycles. The first-order chi connectivity index (χ1) is 17.7. The van der Waals surface area contributed by atoms with Crippen LogP contribution in [0.15, 0.2) is 42.0 Å². The molecule has 37 heavy (non-hydrogen) atoms. The lowest BCUT2D eigenvalue weighted by molar-refractivity contribution is -0.140. The minimum absolute atomic E-state index is 0.0311. The highest BCUT2D eigenvalue weighted by Gasteiger charge is 2.46. The molecule has 8 heteroatoms. The van der Waals surface area contributed by atoms with Gasteiger partial charge in [-0.2, -0.15) is 0 Å². The molecule has 0 aromatic heterocycles. The molecule has 198 valence electrons. The number of rotatable bonds is 10. The quantitative estimate of drug-likeness (QED) is 0.286. The number of benzene rings is 2. The number of likely N-dealkylation sites (tertiary alicyclic amines) is 1. The van der Waals surface area contributed by atoms with Gasteiger partial charge in [-0.25, -0.2) is 0 Å². The summed E-state index contributed by atoms with van der Waals surface area (Å²) in [6.07, 6.45) is 1.64. The van der Waals surface area contributed by atoms with Crippen LogP contribution in [0.3, 0.4) is 0 Å². The van der Waals surface area contributed by atoms with Crippen LogP contribution in [0.4, 0.5) is 0 Å². The lowest BCUT2D eigenvalue weighted by Gasteiger charge is -2.25. The molecule has 2 heterocycles. The lowest BCUT2D eigenvalue weighted by atomic mass is 9.94. The number of aliphatic hydroxyl groups excluding tert-OH is 1. The number of carbonyl (C=O) groups is 2. The molecular weight excluding hydrogens is 474 g/mol. The predicted octanol–water partition coefficient (Wildman–Crippen LogP) is 4.51. The van der Waals surface area contributed by atoms with Crippen molar-refractivity contribution >= 4 is 17.4 Å². The van der Waals surface area contributed by atoms with Crippen LogP contribution < -0.4 is 14.2 Å². The average molecular weight is 510 g/mol. The molecule has 2 unspecified atom stereocenters. The zero-order chi connectivity index (χ0) is 26.7. The molecule has 8 nitrogen and oxygen atoms in total. The van der Waals surface area contributed by atoms with Gasteiger partial charge in [-0.15, -0.1) is 0 Å². The van der Waals surface area contributed by atoms with E-state index in [9.17, 15) is 14.7 Å². The summed E-state index contributed by atoms with van der Waals surface area (Å²) in [6.45, 7) is 7.20. The number of methoxy groups -OCH3 is 2. The lowest BCUT2D eigenvalue weighted by Crippen LogP contribution is -2.32. The maximum Gasteiger partial charge on any atom is 0.295 e. The van der Waals surface area contributed by atoms with Gasteiger partial charge in [-0.1, -0.05) is 19.9 Å². The second-order valence-corrected chi connectivity index (χ2v) is 9.88. The Morgan fingerprint density at radius 1 is 1.11 bits per heavy atom. The highest BCUT2D eigenvalue weighted by molar-refractivity contribution is 6.46. The van der Waals surface area contributed by atoms with E-state index < -0.39 is 17.7 Å². The van der Waals surface area contributed by atoms with Crippen molar-refractivity contribution in [2.24, 2.45) is 5.92 Å². The third-order valence-electron chi connectivity index (χ3n) is 6.70. The zero-order valence-electron chi connectivity index (χ0n) is 22.1. The maximum absolute atomic E-state index is 13.3. The highest BCUT2D eigenvalue weighted by Crippen LogP contribution is 2.42. The van der Waals surface area contributed by atoms with Gasteiger partial charge in [0.15, 0.2) is 11.5 Å². The first-order valence-corrected chi connectivity index (χ1v) is 12.6. The van der Waals surface area contributed by atoms with Gasteiger partial charge in [0.05, 0.1) is 31.9 Å². The smallest absolute Gasteiger partial charge is 0.295 e. The number of ketones is 1. The molecule has 2 atom stereocenters. The summed E-state index contributed by atoms with van der Waals surface area (Å²) in [6, 6.07) is 9.84. The summed E-state index contributed by atoms with van der Waals surface area (Å²) in [5, 5.41) is 11.4. The standard InChI is InChI=1S/C29H35NO7/c1-17(2)10-12-36-23-9-6-19(16-24(23)35-5)26-25(28(32)29(33)30(26)11-13-34-4)27(31)20-7-8-22-21(15-20)14-18(3)37-22/h6-9,15-18,26,31H,10-14H2,1-5H3. The van der Waals surface area contributed by atoms with Gasteiger partial charge in [-0.3, -0.25) is 9.59 Å². The van der Waals surface area contributed by atoms with Crippen LogP contribution in [0.5, 0.6) is 17.2 Å². The molecule has 2 aliphatic rings. The molecule has 1 amide bonds. The SMILES string of the molecule is COCCN1C(=O)C(=O)C(=C(O)c2ccc3c(c2)CC(C)O3)C1c1ccc(OCCC(C)C)c(OC)c1.